The minimum absolute atomic E-state index is 0.195. The maximum atomic E-state index is 12.7. The number of esters is 1. The summed E-state index contributed by atoms with van der Waals surface area (Å²) in [5.74, 6) is -0.378. The highest BCUT2D eigenvalue weighted by Gasteiger charge is 2.35. The summed E-state index contributed by atoms with van der Waals surface area (Å²) in [5.41, 5.74) is -0.496. The zero-order valence-electron chi connectivity index (χ0n) is 10.8. The molecule has 5 nitrogen and oxygen atoms in total. The second-order valence-corrected chi connectivity index (χ2v) is 5.89. The Kier molecular flexibility index (Phi) is 3.31. The van der Waals surface area contributed by atoms with Gasteiger partial charge in [-0.3, -0.25) is 9.20 Å². The van der Waals surface area contributed by atoms with Gasteiger partial charge in [-0.25, -0.2) is 0 Å². The lowest BCUT2D eigenvalue weighted by molar-refractivity contribution is -0.140. The summed E-state index contributed by atoms with van der Waals surface area (Å²) in [6.07, 6.45) is -3.21. The molecule has 112 valence electrons. The molecule has 21 heavy (non-hydrogen) atoms. The van der Waals surface area contributed by atoms with E-state index in [4.69, 9.17) is 4.74 Å². The number of hydrogen-bond donors (Lipinski definition) is 0. The third kappa shape index (κ3) is 2.69. The van der Waals surface area contributed by atoms with Crippen molar-refractivity contribution in [2.75, 3.05) is 0 Å². The van der Waals surface area contributed by atoms with Gasteiger partial charge in [-0.1, -0.05) is 11.8 Å². The van der Waals surface area contributed by atoms with Gasteiger partial charge in [0.05, 0.1) is 5.56 Å². The molecule has 1 saturated heterocycles. The van der Waals surface area contributed by atoms with E-state index >= 15 is 0 Å². The number of rotatable bonds is 2. The summed E-state index contributed by atoms with van der Waals surface area (Å²) >= 11 is 1.07. The Labute approximate surface area is 121 Å². The Morgan fingerprint density at radius 1 is 1.38 bits per heavy atom. The molecule has 3 rings (SSSR count). The normalized spacial score (nSPS) is 22.8. The van der Waals surface area contributed by atoms with Gasteiger partial charge < -0.3 is 4.74 Å². The molecule has 0 unspecified atom stereocenters. The zero-order chi connectivity index (χ0) is 15.2. The van der Waals surface area contributed by atoms with Crippen LogP contribution in [0, 0.1) is 0 Å². The van der Waals surface area contributed by atoms with Crippen LogP contribution in [0.3, 0.4) is 0 Å². The summed E-state index contributed by atoms with van der Waals surface area (Å²) in [6.45, 7) is 1.77. The van der Waals surface area contributed by atoms with Crippen LogP contribution in [-0.2, 0) is 15.7 Å². The smallest absolute Gasteiger partial charge is 0.417 e. The van der Waals surface area contributed by atoms with Crippen molar-refractivity contribution in [1.82, 2.24) is 14.6 Å². The number of carbonyl (C=O) groups excluding carboxylic acids is 1. The number of thioether (sulfide) groups is 1. The number of pyridine rings is 1. The number of carbonyl (C=O) groups is 1. The third-order valence-corrected chi connectivity index (χ3v) is 4.23. The number of fused-ring (bicyclic) bond motifs is 1. The van der Waals surface area contributed by atoms with E-state index in [-0.39, 0.29) is 17.2 Å². The van der Waals surface area contributed by atoms with E-state index in [1.807, 2.05) is 0 Å². The van der Waals surface area contributed by atoms with E-state index < -0.39 is 17.0 Å². The molecule has 0 amide bonds. The quantitative estimate of drug-likeness (QED) is 0.797. The molecule has 0 N–H and O–H groups in total. The molecule has 0 saturated carbocycles. The van der Waals surface area contributed by atoms with E-state index in [2.05, 4.69) is 10.2 Å². The van der Waals surface area contributed by atoms with Gasteiger partial charge >= 0.3 is 12.1 Å². The Balaban J connectivity index is 1.94. The van der Waals surface area contributed by atoms with Gasteiger partial charge in [-0.05, 0) is 19.1 Å². The standard InChI is InChI=1S/C12H10F3N3O2S/c1-6-4-8(10(19)20-6)21-11-17-16-9-3-2-7(5-18(9)11)12(13,14)15/h2-3,5-6,8H,4H2,1H3/t6-,8+/m0/s1. The van der Waals surface area contributed by atoms with Crippen LogP contribution in [0.2, 0.25) is 0 Å². The van der Waals surface area contributed by atoms with Crippen LogP contribution in [0.4, 0.5) is 13.2 Å². The van der Waals surface area contributed by atoms with Crippen LogP contribution < -0.4 is 0 Å². The van der Waals surface area contributed by atoms with Crippen molar-refractivity contribution in [2.45, 2.75) is 36.0 Å². The van der Waals surface area contributed by atoms with Crippen LogP contribution in [0.1, 0.15) is 18.9 Å². The Morgan fingerprint density at radius 2 is 2.14 bits per heavy atom. The first-order chi connectivity index (χ1) is 9.84. The monoisotopic (exact) mass is 317 g/mol. The van der Waals surface area contributed by atoms with Gasteiger partial charge in [0, 0.05) is 12.6 Å². The summed E-state index contributed by atoms with van der Waals surface area (Å²) in [5, 5.41) is 7.42. The fourth-order valence-corrected chi connectivity index (χ4v) is 3.18. The molecular formula is C12H10F3N3O2S. The van der Waals surface area contributed by atoms with Crippen molar-refractivity contribution in [3.05, 3.63) is 23.9 Å². The number of halogens is 3. The van der Waals surface area contributed by atoms with E-state index in [0.717, 1.165) is 24.0 Å². The number of nitrogens with zero attached hydrogens (tertiary/aromatic N) is 3. The van der Waals surface area contributed by atoms with Crippen molar-refractivity contribution >= 4 is 23.4 Å². The van der Waals surface area contributed by atoms with Crippen LogP contribution in [-0.4, -0.2) is 31.9 Å². The molecule has 2 aromatic heterocycles. The molecule has 0 aromatic carbocycles. The molecule has 0 aliphatic carbocycles. The first-order valence-corrected chi connectivity index (χ1v) is 7.01. The number of aromatic nitrogens is 3. The lowest BCUT2D eigenvalue weighted by Crippen LogP contribution is -2.11. The maximum Gasteiger partial charge on any atom is 0.417 e. The van der Waals surface area contributed by atoms with Crippen molar-refractivity contribution in [2.24, 2.45) is 0 Å². The molecule has 9 heteroatoms. The van der Waals surface area contributed by atoms with Gasteiger partial charge in [0.15, 0.2) is 10.8 Å². The lowest BCUT2D eigenvalue weighted by atomic mass is 10.3. The minimum Gasteiger partial charge on any atom is -0.462 e. The molecule has 0 bridgehead atoms. The summed E-state index contributed by atoms with van der Waals surface area (Å²) in [6, 6.07) is 2.19. The van der Waals surface area contributed by atoms with Gasteiger partial charge in [-0.2, -0.15) is 13.2 Å². The van der Waals surface area contributed by atoms with Crippen molar-refractivity contribution < 1.29 is 22.7 Å². The highest BCUT2D eigenvalue weighted by molar-refractivity contribution is 8.00. The second kappa shape index (κ2) is 4.90. The number of ether oxygens (including phenoxy) is 1. The number of hydrogen-bond acceptors (Lipinski definition) is 5. The zero-order valence-corrected chi connectivity index (χ0v) is 11.6. The van der Waals surface area contributed by atoms with Gasteiger partial charge in [0.1, 0.15) is 11.4 Å². The number of cyclic esters (lactones) is 1. The Morgan fingerprint density at radius 3 is 2.76 bits per heavy atom. The molecule has 0 spiro atoms. The summed E-state index contributed by atoms with van der Waals surface area (Å²) in [4.78, 5) is 11.6. The summed E-state index contributed by atoms with van der Waals surface area (Å²) in [7, 11) is 0. The van der Waals surface area contributed by atoms with Crippen LogP contribution >= 0.6 is 11.8 Å². The highest BCUT2D eigenvalue weighted by Crippen LogP contribution is 2.33. The molecular weight excluding hydrogens is 307 g/mol. The summed E-state index contributed by atoms with van der Waals surface area (Å²) < 4.78 is 44.5. The first-order valence-electron chi connectivity index (χ1n) is 6.14. The fourth-order valence-electron chi connectivity index (χ4n) is 2.06. The highest BCUT2D eigenvalue weighted by atomic mass is 32.2. The molecule has 1 aliphatic rings. The number of alkyl halides is 3. The van der Waals surface area contributed by atoms with Crippen molar-refractivity contribution in [3.8, 4) is 0 Å². The van der Waals surface area contributed by atoms with Gasteiger partial charge in [0.25, 0.3) is 0 Å². The predicted molar refractivity (Wildman–Crippen MR) is 67.8 cm³/mol. The van der Waals surface area contributed by atoms with Crippen LogP contribution in [0.15, 0.2) is 23.5 Å². The van der Waals surface area contributed by atoms with Crippen molar-refractivity contribution in [3.63, 3.8) is 0 Å². The Hall–Kier alpha value is -1.77. The molecule has 0 radical (unpaired) electrons. The predicted octanol–water partition coefficient (Wildman–Crippen LogP) is 2.54. The molecule has 2 aromatic rings. The van der Waals surface area contributed by atoms with E-state index in [0.29, 0.717) is 12.1 Å². The van der Waals surface area contributed by atoms with E-state index in [9.17, 15) is 18.0 Å². The molecule has 2 atom stereocenters. The largest absolute Gasteiger partial charge is 0.462 e. The lowest BCUT2D eigenvalue weighted by Gasteiger charge is -2.08. The van der Waals surface area contributed by atoms with Gasteiger partial charge in [-0.15, -0.1) is 10.2 Å². The molecule has 3 heterocycles. The van der Waals surface area contributed by atoms with E-state index in [1.54, 1.807) is 6.92 Å². The molecule has 1 aliphatic heterocycles. The average Bonchev–Trinajstić information content (AvgIpc) is 2.93. The maximum absolute atomic E-state index is 12.7. The molecule has 1 fully saturated rings. The third-order valence-electron chi connectivity index (χ3n) is 3.07. The van der Waals surface area contributed by atoms with E-state index in [1.165, 1.54) is 10.5 Å². The first kappa shape index (κ1) is 14.2. The minimum atomic E-state index is -4.44. The Bertz CT molecular complexity index is 701. The topological polar surface area (TPSA) is 56.5 Å². The fraction of sp³-hybridized carbons (Fsp3) is 0.417. The van der Waals surface area contributed by atoms with Crippen LogP contribution in [0.5, 0.6) is 0 Å². The average molecular weight is 317 g/mol. The van der Waals surface area contributed by atoms with Crippen molar-refractivity contribution in [1.29, 1.82) is 0 Å². The second-order valence-electron chi connectivity index (χ2n) is 4.72. The SMILES string of the molecule is C[C@H]1C[C@@H](Sc2nnc3ccc(C(F)(F)F)cn23)C(=O)O1. The van der Waals surface area contributed by atoms with Gasteiger partial charge in [0.2, 0.25) is 0 Å². The van der Waals surface area contributed by atoms with Crippen LogP contribution in [0.25, 0.3) is 5.65 Å².